The lowest BCUT2D eigenvalue weighted by Crippen LogP contribution is -2.07. The predicted octanol–water partition coefficient (Wildman–Crippen LogP) is 1.35. The van der Waals surface area contributed by atoms with Gasteiger partial charge in [-0.15, -0.1) is 0 Å². The number of aromatic nitrogens is 1. The van der Waals surface area contributed by atoms with Gasteiger partial charge in [-0.2, -0.15) is 8.42 Å². The standard InChI is InChI=1S/C9H7NO5S/c11-16(12,13)15-14-8-5-1-3-7-4-2-6-10-9(7)8/h1-6H,(H,11,12,13). The summed E-state index contributed by atoms with van der Waals surface area (Å²) in [4.78, 5) is 8.48. The Labute approximate surface area is 91.3 Å². The fourth-order valence-electron chi connectivity index (χ4n) is 1.22. The number of para-hydroxylation sites is 1. The van der Waals surface area contributed by atoms with Gasteiger partial charge in [0.25, 0.3) is 0 Å². The normalized spacial score (nSPS) is 11.6. The molecule has 0 unspecified atom stereocenters. The minimum atomic E-state index is -4.64. The Morgan fingerprint density at radius 2 is 1.94 bits per heavy atom. The molecule has 0 saturated heterocycles. The topological polar surface area (TPSA) is 85.7 Å². The molecule has 0 amide bonds. The maximum absolute atomic E-state index is 10.3. The van der Waals surface area contributed by atoms with Crippen LogP contribution < -0.4 is 4.89 Å². The quantitative estimate of drug-likeness (QED) is 0.496. The zero-order chi connectivity index (χ0) is 11.6. The van der Waals surface area contributed by atoms with Crippen LogP contribution in [0.4, 0.5) is 0 Å². The maximum atomic E-state index is 10.3. The molecule has 7 heteroatoms. The second-order valence-electron chi connectivity index (χ2n) is 2.91. The van der Waals surface area contributed by atoms with Crippen LogP contribution >= 0.6 is 0 Å². The van der Waals surface area contributed by atoms with E-state index in [1.807, 2.05) is 0 Å². The molecule has 0 radical (unpaired) electrons. The molecule has 2 aromatic rings. The first kappa shape index (κ1) is 10.8. The summed E-state index contributed by atoms with van der Waals surface area (Å²) in [6, 6.07) is 8.41. The first-order chi connectivity index (χ1) is 7.56. The Balaban J connectivity index is 2.38. The van der Waals surface area contributed by atoms with E-state index in [0.29, 0.717) is 5.52 Å². The molecule has 1 aromatic carbocycles. The number of hydrogen-bond donors (Lipinski definition) is 1. The van der Waals surface area contributed by atoms with Crippen molar-refractivity contribution in [3.05, 3.63) is 36.5 Å². The summed E-state index contributed by atoms with van der Waals surface area (Å²) in [5.74, 6) is 0.107. The van der Waals surface area contributed by atoms with Crippen LogP contribution in [0, 0.1) is 0 Å². The second-order valence-corrected chi connectivity index (χ2v) is 3.90. The monoisotopic (exact) mass is 241 g/mol. The molecule has 0 fully saturated rings. The highest BCUT2D eigenvalue weighted by molar-refractivity contribution is 7.80. The van der Waals surface area contributed by atoms with Crippen LogP contribution in [0.1, 0.15) is 0 Å². The number of fused-ring (bicyclic) bond motifs is 1. The number of rotatable bonds is 3. The van der Waals surface area contributed by atoms with E-state index in [1.54, 1.807) is 24.3 Å². The maximum Gasteiger partial charge on any atom is 0.432 e. The van der Waals surface area contributed by atoms with Gasteiger partial charge in [-0.05, 0) is 16.5 Å². The predicted molar refractivity (Wildman–Crippen MR) is 55.0 cm³/mol. The first-order valence-corrected chi connectivity index (χ1v) is 5.60. The average Bonchev–Trinajstić information content (AvgIpc) is 2.25. The highest BCUT2D eigenvalue weighted by Crippen LogP contribution is 2.23. The summed E-state index contributed by atoms with van der Waals surface area (Å²) in [6.45, 7) is 0. The molecule has 0 atom stereocenters. The van der Waals surface area contributed by atoms with Crippen LogP contribution in [0.3, 0.4) is 0 Å². The third-order valence-electron chi connectivity index (χ3n) is 1.81. The van der Waals surface area contributed by atoms with Gasteiger partial charge >= 0.3 is 10.4 Å². The number of nitrogens with zero attached hydrogens (tertiary/aromatic N) is 1. The first-order valence-electron chi connectivity index (χ1n) is 4.23. The van der Waals surface area contributed by atoms with Crippen molar-refractivity contribution in [3.63, 3.8) is 0 Å². The average molecular weight is 241 g/mol. The van der Waals surface area contributed by atoms with Crippen LogP contribution in [0.25, 0.3) is 10.9 Å². The van der Waals surface area contributed by atoms with Crippen molar-refractivity contribution in [2.45, 2.75) is 0 Å². The zero-order valence-corrected chi connectivity index (χ0v) is 8.72. The lowest BCUT2D eigenvalue weighted by Gasteiger charge is -2.03. The SMILES string of the molecule is O=S(=O)(O)OOc1cccc2cccnc12. The number of hydrogen-bond acceptors (Lipinski definition) is 5. The lowest BCUT2D eigenvalue weighted by atomic mass is 10.2. The minimum Gasteiger partial charge on any atom is -0.317 e. The van der Waals surface area contributed by atoms with Crippen LogP contribution in [0.15, 0.2) is 36.5 Å². The Hall–Kier alpha value is -1.70. The molecule has 6 nitrogen and oxygen atoms in total. The molecule has 2 rings (SSSR count). The van der Waals surface area contributed by atoms with Gasteiger partial charge in [0.1, 0.15) is 5.52 Å². The number of pyridine rings is 1. The summed E-state index contributed by atoms with van der Waals surface area (Å²) in [5.41, 5.74) is 0.439. The fourth-order valence-corrected chi connectivity index (χ4v) is 1.38. The van der Waals surface area contributed by atoms with Crippen LogP contribution in [-0.2, 0) is 14.7 Å². The molecule has 0 aliphatic heterocycles. The molecule has 1 aromatic heterocycles. The van der Waals surface area contributed by atoms with E-state index >= 15 is 0 Å². The van der Waals surface area contributed by atoms with Crippen molar-refractivity contribution in [3.8, 4) is 5.75 Å². The smallest absolute Gasteiger partial charge is 0.317 e. The van der Waals surface area contributed by atoms with Gasteiger partial charge in [0, 0.05) is 11.6 Å². The molecular formula is C9H7NO5S. The Morgan fingerprint density at radius 1 is 1.19 bits per heavy atom. The van der Waals surface area contributed by atoms with Gasteiger partial charge in [-0.1, -0.05) is 18.2 Å². The van der Waals surface area contributed by atoms with E-state index < -0.39 is 10.4 Å². The van der Waals surface area contributed by atoms with E-state index in [-0.39, 0.29) is 5.75 Å². The minimum absolute atomic E-state index is 0.107. The molecule has 1 heterocycles. The largest absolute Gasteiger partial charge is 0.432 e. The van der Waals surface area contributed by atoms with Crippen LogP contribution in [-0.4, -0.2) is 18.0 Å². The summed E-state index contributed by atoms with van der Waals surface area (Å²) in [5, 5.41) is 0.763. The summed E-state index contributed by atoms with van der Waals surface area (Å²) >= 11 is 0. The molecule has 0 aliphatic rings. The van der Waals surface area contributed by atoms with E-state index in [4.69, 9.17) is 4.55 Å². The molecular weight excluding hydrogens is 234 g/mol. The van der Waals surface area contributed by atoms with Crippen molar-refractivity contribution in [1.82, 2.24) is 4.98 Å². The third-order valence-corrected chi connectivity index (χ3v) is 2.05. The Kier molecular flexibility index (Phi) is 2.73. The Morgan fingerprint density at radius 3 is 2.69 bits per heavy atom. The molecule has 0 spiro atoms. The van der Waals surface area contributed by atoms with Gasteiger partial charge < -0.3 is 4.89 Å². The summed E-state index contributed by atoms with van der Waals surface area (Å²) < 4.78 is 32.8. The highest BCUT2D eigenvalue weighted by Gasteiger charge is 2.09. The fraction of sp³-hybridized carbons (Fsp3) is 0. The van der Waals surface area contributed by atoms with Gasteiger partial charge in [0.2, 0.25) is 0 Å². The van der Waals surface area contributed by atoms with Gasteiger partial charge in [0.05, 0.1) is 0 Å². The van der Waals surface area contributed by atoms with Crippen molar-refractivity contribution >= 4 is 21.3 Å². The molecule has 0 bridgehead atoms. The lowest BCUT2D eigenvalue weighted by molar-refractivity contribution is -0.101. The number of benzene rings is 1. The molecule has 16 heavy (non-hydrogen) atoms. The van der Waals surface area contributed by atoms with E-state index in [0.717, 1.165) is 5.39 Å². The second kappa shape index (κ2) is 4.05. The van der Waals surface area contributed by atoms with Crippen LogP contribution in [0.5, 0.6) is 5.75 Å². The van der Waals surface area contributed by atoms with Crippen molar-refractivity contribution in [2.24, 2.45) is 0 Å². The van der Waals surface area contributed by atoms with Gasteiger partial charge in [-0.3, -0.25) is 9.54 Å². The highest BCUT2D eigenvalue weighted by atomic mass is 32.3. The van der Waals surface area contributed by atoms with E-state index in [9.17, 15) is 8.42 Å². The summed E-state index contributed by atoms with van der Waals surface area (Å²) in [7, 11) is -4.64. The van der Waals surface area contributed by atoms with Gasteiger partial charge in [-0.25, -0.2) is 0 Å². The van der Waals surface area contributed by atoms with Gasteiger partial charge in [0.15, 0.2) is 5.75 Å². The zero-order valence-electron chi connectivity index (χ0n) is 7.90. The molecule has 1 N–H and O–H groups in total. The third kappa shape index (κ3) is 2.45. The van der Waals surface area contributed by atoms with Crippen molar-refractivity contribution in [1.29, 1.82) is 0 Å². The Bertz CT molecular complexity index is 605. The summed E-state index contributed by atoms with van der Waals surface area (Å²) in [6.07, 6.45) is 1.53. The van der Waals surface area contributed by atoms with Crippen molar-refractivity contribution in [2.75, 3.05) is 0 Å². The molecule has 84 valence electrons. The van der Waals surface area contributed by atoms with Crippen LogP contribution in [0.2, 0.25) is 0 Å². The van der Waals surface area contributed by atoms with Crippen molar-refractivity contribution < 1.29 is 22.2 Å². The molecule has 0 aliphatic carbocycles. The van der Waals surface area contributed by atoms with E-state index in [1.165, 1.54) is 12.3 Å². The molecule has 0 saturated carbocycles. The van der Waals surface area contributed by atoms with E-state index in [2.05, 4.69) is 14.2 Å².